The normalized spacial score (nSPS) is 9.86. The lowest BCUT2D eigenvalue weighted by Crippen LogP contribution is -2.11. The molecular weight excluding hydrogens is 178 g/mol. The summed E-state index contributed by atoms with van der Waals surface area (Å²) in [6.45, 7) is 3.11. The molecule has 1 heterocycles. The molecule has 0 unspecified atom stereocenters. The molecule has 0 bridgehead atoms. The van der Waals surface area contributed by atoms with Crippen molar-refractivity contribution in [1.29, 1.82) is 0 Å². The summed E-state index contributed by atoms with van der Waals surface area (Å²) in [6, 6.07) is 0. The number of nitrogens with zero attached hydrogens (tertiary/aromatic N) is 2. The van der Waals surface area contributed by atoms with E-state index in [0.29, 0.717) is 5.82 Å². The third-order valence-electron chi connectivity index (χ3n) is 1.87. The van der Waals surface area contributed by atoms with E-state index >= 15 is 0 Å². The van der Waals surface area contributed by atoms with Gasteiger partial charge in [0.15, 0.2) is 5.82 Å². The first-order valence-electron chi connectivity index (χ1n) is 4.89. The second kappa shape index (κ2) is 6.15. The number of anilines is 2. The highest BCUT2D eigenvalue weighted by atomic mass is 15.3. The lowest BCUT2D eigenvalue weighted by Gasteiger charge is -2.05. The first kappa shape index (κ1) is 10.7. The average Bonchev–Trinajstić information content (AvgIpc) is 2.25. The van der Waals surface area contributed by atoms with Gasteiger partial charge in [-0.3, -0.25) is 4.98 Å². The molecule has 0 aliphatic carbocycles. The van der Waals surface area contributed by atoms with Crippen LogP contribution in [-0.4, -0.2) is 16.5 Å². The van der Waals surface area contributed by atoms with Crippen LogP contribution in [0.25, 0.3) is 0 Å². The fourth-order valence-electron chi connectivity index (χ4n) is 1.11. The zero-order valence-corrected chi connectivity index (χ0v) is 8.45. The van der Waals surface area contributed by atoms with E-state index in [1.54, 1.807) is 12.4 Å². The van der Waals surface area contributed by atoms with Gasteiger partial charge < -0.3 is 10.7 Å². The number of hydrazine groups is 1. The molecule has 0 saturated carbocycles. The summed E-state index contributed by atoms with van der Waals surface area (Å²) in [5.74, 6) is 6.55. The van der Waals surface area contributed by atoms with E-state index in [1.807, 2.05) is 0 Å². The minimum atomic E-state index is 0.575. The van der Waals surface area contributed by atoms with Gasteiger partial charge in [-0.1, -0.05) is 19.8 Å². The van der Waals surface area contributed by atoms with Gasteiger partial charge in [-0.25, -0.2) is 10.8 Å². The van der Waals surface area contributed by atoms with E-state index in [-0.39, 0.29) is 0 Å². The van der Waals surface area contributed by atoms with Crippen LogP contribution in [-0.2, 0) is 0 Å². The van der Waals surface area contributed by atoms with E-state index in [1.165, 1.54) is 12.8 Å². The van der Waals surface area contributed by atoms with Crippen LogP contribution >= 0.6 is 0 Å². The zero-order valence-electron chi connectivity index (χ0n) is 8.45. The number of nitrogens with one attached hydrogen (secondary N) is 2. The fraction of sp³-hybridized carbons (Fsp3) is 0.556. The Labute approximate surface area is 84.1 Å². The molecule has 0 spiro atoms. The molecule has 0 aliphatic rings. The van der Waals surface area contributed by atoms with Gasteiger partial charge in [-0.05, 0) is 6.42 Å². The van der Waals surface area contributed by atoms with Gasteiger partial charge in [0.1, 0.15) is 5.82 Å². The van der Waals surface area contributed by atoms with Crippen LogP contribution < -0.4 is 16.6 Å². The zero-order chi connectivity index (χ0) is 10.2. The van der Waals surface area contributed by atoms with E-state index in [2.05, 4.69) is 27.6 Å². The highest BCUT2D eigenvalue weighted by Gasteiger charge is 1.95. The molecule has 4 N–H and O–H groups in total. The summed E-state index contributed by atoms with van der Waals surface area (Å²) in [6.07, 6.45) is 6.87. The fourth-order valence-corrected chi connectivity index (χ4v) is 1.11. The third-order valence-corrected chi connectivity index (χ3v) is 1.87. The van der Waals surface area contributed by atoms with Crippen LogP contribution in [0.3, 0.4) is 0 Å². The molecule has 14 heavy (non-hydrogen) atoms. The van der Waals surface area contributed by atoms with Gasteiger partial charge in [0.2, 0.25) is 0 Å². The molecule has 0 fully saturated rings. The summed E-state index contributed by atoms with van der Waals surface area (Å²) in [5, 5.41) is 3.18. The Morgan fingerprint density at radius 2 is 2.07 bits per heavy atom. The van der Waals surface area contributed by atoms with Crippen LogP contribution in [0.1, 0.15) is 26.2 Å². The largest absolute Gasteiger partial charge is 0.369 e. The lowest BCUT2D eigenvalue weighted by molar-refractivity contribution is 0.742. The predicted octanol–water partition coefficient (Wildman–Crippen LogP) is 1.36. The predicted molar refractivity (Wildman–Crippen MR) is 57.9 cm³/mol. The second-order valence-corrected chi connectivity index (χ2v) is 3.07. The van der Waals surface area contributed by atoms with Crippen molar-refractivity contribution in [2.24, 2.45) is 5.84 Å². The Bertz CT molecular complexity index is 263. The van der Waals surface area contributed by atoms with Crippen LogP contribution in [0, 0.1) is 0 Å². The van der Waals surface area contributed by atoms with Gasteiger partial charge in [0.05, 0.1) is 12.4 Å². The number of unbranched alkanes of at least 4 members (excludes halogenated alkanes) is 2. The maximum Gasteiger partial charge on any atom is 0.160 e. The highest BCUT2D eigenvalue weighted by Crippen LogP contribution is 2.05. The van der Waals surface area contributed by atoms with Crippen molar-refractivity contribution in [3.8, 4) is 0 Å². The van der Waals surface area contributed by atoms with Gasteiger partial charge in [-0.15, -0.1) is 0 Å². The highest BCUT2D eigenvalue weighted by molar-refractivity contribution is 5.40. The standard InChI is InChI=1S/C9H17N5/c1-2-3-4-5-12-8-6-11-7-9(13-8)14-10/h6-7H,2-5,10H2,1H3,(H2,12,13,14). The topological polar surface area (TPSA) is 75.9 Å². The molecule has 1 aromatic heterocycles. The van der Waals surface area contributed by atoms with Crippen molar-refractivity contribution in [2.45, 2.75) is 26.2 Å². The molecule has 5 heteroatoms. The number of nitrogens with two attached hydrogens (primary N) is 1. The summed E-state index contributed by atoms with van der Waals surface area (Å²) < 4.78 is 0. The van der Waals surface area contributed by atoms with Gasteiger partial charge in [0, 0.05) is 6.54 Å². The van der Waals surface area contributed by atoms with E-state index in [9.17, 15) is 0 Å². The maximum absolute atomic E-state index is 5.21. The van der Waals surface area contributed by atoms with Crippen molar-refractivity contribution in [1.82, 2.24) is 9.97 Å². The van der Waals surface area contributed by atoms with E-state index in [4.69, 9.17) is 5.84 Å². The van der Waals surface area contributed by atoms with Gasteiger partial charge in [-0.2, -0.15) is 0 Å². The monoisotopic (exact) mass is 195 g/mol. The molecule has 1 aromatic rings. The molecule has 0 saturated heterocycles. The SMILES string of the molecule is CCCCCNc1cncc(NN)n1. The van der Waals surface area contributed by atoms with Crippen LogP contribution in [0.15, 0.2) is 12.4 Å². The molecule has 1 rings (SSSR count). The number of hydrogen-bond donors (Lipinski definition) is 3. The Morgan fingerprint density at radius 3 is 2.79 bits per heavy atom. The van der Waals surface area contributed by atoms with Gasteiger partial charge >= 0.3 is 0 Å². The summed E-state index contributed by atoms with van der Waals surface area (Å²) in [4.78, 5) is 8.17. The summed E-state index contributed by atoms with van der Waals surface area (Å²) in [5.41, 5.74) is 2.46. The van der Waals surface area contributed by atoms with Crippen molar-refractivity contribution < 1.29 is 0 Å². The molecular formula is C9H17N5. The molecule has 5 nitrogen and oxygen atoms in total. The Balaban J connectivity index is 2.34. The Morgan fingerprint density at radius 1 is 1.29 bits per heavy atom. The van der Waals surface area contributed by atoms with Crippen molar-refractivity contribution in [3.63, 3.8) is 0 Å². The van der Waals surface area contributed by atoms with Gasteiger partial charge in [0.25, 0.3) is 0 Å². The third kappa shape index (κ3) is 3.57. The van der Waals surface area contributed by atoms with Crippen LogP contribution in [0.2, 0.25) is 0 Å². The first-order chi connectivity index (χ1) is 6.86. The first-order valence-corrected chi connectivity index (χ1v) is 4.89. The maximum atomic E-state index is 5.21. The lowest BCUT2D eigenvalue weighted by atomic mass is 10.2. The number of aromatic nitrogens is 2. The molecule has 0 aliphatic heterocycles. The molecule has 0 radical (unpaired) electrons. The smallest absolute Gasteiger partial charge is 0.160 e. The Hall–Kier alpha value is -1.36. The minimum Gasteiger partial charge on any atom is -0.369 e. The van der Waals surface area contributed by atoms with Crippen molar-refractivity contribution in [2.75, 3.05) is 17.3 Å². The van der Waals surface area contributed by atoms with E-state index < -0.39 is 0 Å². The molecule has 0 aromatic carbocycles. The van der Waals surface area contributed by atoms with Crippen molar-refractivity contribution >= 4 is 11.6 Å². The number of hydrogen-bond acceptors (Lipinski definition) is 5. The van der Waals surface area contributed by atoms with Crippen LogP contribution in [0.4, 0.5) is 11.6 Å². The molecule has 0 atom stereocenters. The average molecular weight is 195 g/mol. The summed E-state index contributed by atoms with van der Waals surface area (Å²) in [7, 11) is 0. The second-order valence-electron chi connectivity index (χ2n) is 3.07. The van der Waals surface area contributed by atoms with Crippen LogP contribution in [0.5, 0.6) is 0 Å². The van der Waals surface area contributed by atoms with Crippen molar-refractivity contribution in [3.05, 3.63) is 12.4 Å². The van der Waals surface area contributed by atoms with E-state index in [0.717, 1.165) is 18.8 Å². The molecule has 78 valence electrons. The number of nitrogen functional groups attached to an aromatic ring is 1. The quantitative estimate of drug-likeness (QED) is 0.363. The Kier molecular flexibility index (Phi) is 4.71. The molecule has 0 amide bonds. The summed E-state index contributed by atoms with van der Waals surface area (Å²) >= 11 is 0. The number of rotatable bonds is 6. The minimum absolute atomic E-state index is 0.575.